The number of rotatable bonds is 11. The van der Waals surface area contributed by atoms with Crippen molar-refractivity contribution in [1.29, 1.82) is 0 Å². The number of halogens is 20. The zero-order valence-electron chi connectivity index (χ0n) is 16.9. The van der Waals surface area contributed by atoms with Gasteiger partial charge in [-0.3, -0.25) is 4.55 Å². The molecular formula is C13H9F20NO3S. The van der Waals surface area contributed by atoms with E-state index in [2.05, 4.69) is 6.58 Å². The summed E-state index contributed by atoms with van der Waals surface area (Å²) in [5.74, 6) is -70.6. The van der Waals surface area contributed by atoms with Crippen LogP contribution in [0.15, 0.2) is 12.7 Å². The first-order valence-electron chi connectivity index (χ1n) is 8.07. The molecule has 0 unspecified atom stereocenters. The highest BCUT2D eigenvalue weighted by molar-refractivity contribution is 7.87. The van der Waals surface area contributed by atoms with Gasteiger partial charge >= 0.3 is 69.2 Å². The van der Waals surface area contributed by atoms with Crippen molar-refractivity contribution in [2.24, 2.45) is 5.73 Å². The summed E-state index contributed by atoms with van der Waals surface area (Å²) in [4.78, 5) is 0. The van der Waals surface area contributed by atoms with E-state index in [9.17, 15) is 96.2 Å². The van der Waals surface area contributed by atoms with Crippen molar-refractivity contribution in [2.75, 3.05) is 6.54 Å². The number of nitrogens with two attached hydrogens (primary N) is 1. The molecule has 0 rings (SSSR count). The molecule has 0 aromatic carbocycles. The highest BCUT2D eigenvalue weighted by Gasteiger charge is 2.97. The minimum Gasteiger partial charge on any atom is -0.327 e. The Hall–Kier alpha value is -1.79. The van der Waals surface area contributed by atoms with E-state index in [4.69, 9.17) is 10.3 Å². The average molecular weight is 639 g/mol. The van der Waals surface area contributed by atoms with Crippen molar-refractivity contribution in [2.45, 2.75) is 59.1 Å². The molecule has 0 aromatic heterocycles. The van der Waals surface area contributed by atoms with Gasteiger partial charge in [0.25, 0.3) is 0 Å². The monoisotopic (exact) mass is 639 g/mol. The fourth-order valence-electron chi connectivity index (χ4n) is 1.68. The molecule has 0 aliphatic heterocycles. The highest BCUT2D eigenvalue weighted by atomic mass is 32.2. The maximum absolute atomic E-state index is 13.3. The van der Waals surface area contributed by atoms with Crippen molar-refractivity contribution in [3.8, 4) is 0 Å². The maximum atomic E-state index is 13.3. The Balaban J connectivity index is 0. The molecule has 230 valence electrons. The Bertz CT molecular complexity index is 944. The molecule has 0 aromatic rings. The lowest BCUT2D eigenvalue weighted by Crippen LogP contribution is -2.76. The second-order valence-corrected chi connectivity index (χ2v) is 7.92. The topological polar surface area (TPSA) is 80.4 Å². The lowest BCUT2D eigenvalue weighted by atomic mass is 9.87. The molecule has 0 atom stereocenters. The van der Waals surface area contributed by atoms with Crippen LogP contribution in [0.4, 0.5) is 87.8 Å². The Kier molecular flexibility index (Phi) is 10.4. The van der Waals surface area contributed by atoms with Gasteiger partial charge in [0.2, 0.25) is 0 Å². The van der Waals surface area contributed by atoms with Crippen molar-refractivity contribution in [3.05, 3.63) is 12.7 Å². The van der Waals surface area contributed by atoms with Gasteiger partial charge in [-0.15, -0.1) is 6.58 Å². The average Bonchev–Trinajstić information content (AvgIpc) is 2.71. The van der Waals surface area contributed by atoms with Crippen molar-refractivity contribution in [3.63, 3.8) is 0 Å². The molecule has 38 heavy (non-hydrogen) atoms. The molecule has 0 saturated heterocycles. The van der Waals surface area contributed by atoms with E-state index in [1.807, 2.05) is 0 Å². The third-order valence-electron chi connectivity index (χ3n) is 3.91. The highest BCUT2D eigenvalue weighted by Crippen LogP contribution is 2.65. The van der Waals surface area contributed by atoms with Crippen LogP contribution in [0, 0.1) is 0 Å². The third-order valence-corrected chi connectivity index (χ3v) is 4.82. The summed E-state index contributed by atoms with van der Waals surface area (Å²) in [5.41, 5.74) is 4.91. The lowest BCUT2D eigenvalue weighted by molar-refractivity contribution is -0.462. The fourth-order valence-corrected chi connectivity index (χ4v) is 2.13. The minimum absolute atomic E-state index is 0.583. The van der Waals surface area contributed by atoms with Crippen LogP contribution in [0.1, 0.15) is 0 Å². The van der Waals surface area contributed by atoms with Crippen LogP contribution in [0.25, 0.3) is 0 Å². The molecule has 0 saturated carbocycles. The van der Waals surface area contributed by atoms with Crippen molar-refractivity contribution >= 4 is 10.1 Å². The molecule has 0 spiro atoms. The van der Waals surface area contributed by atoms with Gasteiger partial charge in [-0.05, 0) is 0 Å². The van der Waals surface area contributed by atoms with E-state index in [0.717, 1.165) is 0 Å². The largest absolute Gasteiger partial charge is 0.438 e. The van der Waals surface area contributed by atoms with Crippen LogP contribution < -0.4 is 5.73 Å². The van der Waals surface area contributed by atoms with Gasteiger partial charge < -0.3 is 5.73 Å². The Morgan fingerprint density at radius 1 is 0.605 bits per heavy atom. The summed E-state index contributed by atoms with van der Waals surface area (Å²) in [6.07, 6.45) is -4.52. The Morgan fingerprint density at radius 2 is 0.816 bits per heavy atom. The van der Waals surface area contributed by atoms with E-state index in [-0.39, 0.29) is 0 Å². The number of hydrogen-bond donors (Lipinski definition) is 2. The molecule has 0 amide bonds. The number of hydrogen-bond acceptors (Lipinski definition) is 3. The van der Waals surface area contributed by atoms with Crippen LogP contribution in [-0.4, -0.2) is 78.6 Å². The second kappa shape index (κ2) is 10.3. The van der Waals surface area contributed by atoms with E-state index in [0.29, 0.717) is 6.54 Å². The van der Waals surface area contributed by atoms with Crippen LogP contribution in [0.5, 0.6) is 0 Å². The van der Waals surface area contributed by atoms with Gasteiger partial charge in [0.1, 0.15) is 0 Å². The molecule has 0 bridgehead atoms. The molecular weight excluding hydrogens is 630 g/mol. The van der Waals surface area contributed by atoms with Gasteiger partial charge in [0.15, 0.2) is 0 Å². The maximum Gasteiger partial charge on any atom is 0.438 e. The molecule has 3 N–H and O–H groups in total. The van der Waals surface area contributed by atoms with Gasteiger partial charge in [-0.25, -0.2) is 8.78 Å². The summed E-state index contributed by atoms with van der Waals surface area (Å²) in [6.45, 7) is 3.94. The zero-order valence-corrected chi connectivity index (χ0v) is 17.7. The molecule has 0 heterocycles. The van der Waals surface area contributed by atoms with Crippen LogP contribution >= 0.6 is 0 Å². The van der Waals surface area contributed by atoms with E-state index < -0.39 is 69.2 Å². The minimum atomic E-state index is -9.24. The SMILES string of the molecule is C=CCN.O=S(=O)(O)C(F)(F)C(F)(F)C(F)(F)C(F)(F)C(F)(F)C(F)(F)C(F)(F)C(F)(F)C(F)(F)C(F)F. The van der Waals surface area contributed by atoms with Crippen molar-refractivity contribution in [1.82, 2.24) is 0 Å². The summed E-state index contributed by atoms with van der Waals surface area (Å²) in [6, 6.07) is 0. The van der Waals surface area contributed by atoms with Gasteiger partial charge in [-0.2, -0.15) is 87.4 Å². The molecule has 4 nitrogen and oxygen atoms in total. The first-order valence-corrected chi connectivity index (χ1v) is 9.51. The molecule has 0 fully saturated rings. The van der Waals surface area contributed by atoms with Gasteiger partial charge in [0.05, 0.1) is 0 Å². The van der Waals surface area contributed by atoms with Crippen LogP contribution in [-0.2, 0) is 10.1 Å². The fraction of sp³-hybridized carbons (Fsp3) is 0.846. The lowest BCUT2D eigenvalue weighted by Gasteiger charge is -2.44. The molecule has 0 aliphatic rings. The quantitative estimate of drug-likeness (QED) is 0.167. The van der Waals surface area contributed by atoms with Crippen LogP contribution in [0.3, 0.4) is 0 Å². The van der Waals surface area contributed by atoms with Crippen molar-refractivity contribution < 1.29 is 101 Å². The van der Waals surface area contributed by atoms with Gasteiger partial charge in [0, 0.05) is 6.54 Å². The smallest absolute Gasteiger partial charge is 0.327 e. The summed E-state index contributed by atoms with van der Waals surface area (Å²) in [5, 5.41) is -8.01. The molecule has 0 radical (unpaired) electrons. The predicted octanol–water partition coefficient (Wildman–Crippen LogP) is 5.95. The Morgan fingerprint density at radius 3 is 1.00 bits per heavy atom. The second-order valence-electron chi connectivity index (χ2n) is 6.46. The van der Waals surface area contributed by atoms with Crippen LogP contribution in [0.2, 0.25) is 0 Å². The normalized spacial score (nSPS) is 15.8. The first kappa shape index (κ1) is 38.4. The molecule has 25 heteroatoms. The van der Waals surface area contributed by atoms with E-state index >= 15 is 0 Å². The zero-order chi connectivity index (χ0) is 32.0. The number of alkyl halides is 20. The molecule has 0 aliphatic carbocycles. The Labute approximate surface area is 196 Å². The summed E-state index contributed by atoms with van der Waals surface area (Å²) >= 11 is 0. The first-order chi connectivity index (χ1) is 16.1. The van der Waals surface area contributed by atoms with E-state index in [1.54, 1.807) is 6.08 Å². The summed E-state index contributed by atoms with van der Waals surface area (Å²) < 4.78 is 286. The summed E-state index contributed by atoms with van der Waals surface area (Å²) in [7, 11) is -8.04. The third kappa shape index (κ3) is 5.08. The standard InChI is InChI=1S/C10H2F20O3S.C3H7N/c11-1(12)2(13,14)3(15,16)4(17,18)5(19,20)6(21,22)7(23,24)8(25,26)9(27,28)10(29,30)34(31,32)33;1-2-3-4/h1H,(H,31,32,33);2H,1,3-4H2. The predicted molar refractivity (Wildman–Crippen MR) is 81.3 cm³/mol. The van der Waals surface area contributed by atoms with Gasteiger partial charge in [-0.1, -0.05) is 6.08 Å². The van der Waals surface area contributed by atoms with E-state index in [1.165, 1.54) is 0 Å².